The molecular weight excluding hydrogens is 1110 g/mol. The van der Waals surface area contributed by atoms with Crippen molar-refractivity contribution in [3.63, 3.8) is 0 Å². The van der Waals surface area contributed by atoms with E-state index in [9.17, 15) is 67.1 Å². The second kappa shape index (κ2) is 21.6. The Labute approximate surface area is 457 Å². The summed E-state index contributed by atoms with van der Waals surface area (Å²) in [5.74, 6) is -3.43. The molecule has 6 aliphatic rings. The van der Waals surface area contributed by atoms with Gasteiger partial charge >= 0.3 is 18.5 Å². The van der Waals surface area contributed by atoms with Gasteiger partial charge in [-0.15, -0.1) is 15.3 Å². The molecule has 0 bridgehead atoms. The van der Waals surface area contributed by atoms with Crippen LogP contribution >= 0.6 is 0 Å². The van der Waals surface area contributed by atoms with Crippen molar-refractivity contribution in [3.05, 3.63) is 155 Å². The molecule has 4 aromatic heterocycles. The predicted octanol–water partition coefficient (Wildman–Crippen LogP) is 10.5. The minimum atomic E-state index is -4.50. The third-order valence-electron chi connectivity index (χ3n) is 15.4. The van der Waals surface area contributed by atoms with E-state index in [1.165, 1.54) is 26.3 Å². The second-order valence-electron chi connectivity index (χ2n) is 20.4. The third kappa shape index (κ3) is 10.6. The fourth-order valence-corrected chi connectivity index (χ4v) is 11.5. The van der Waals surface area contributed by atoms with Gasteiger partial charge in [0.1, 0.15) is 17.9 Å². The van der Waals surface area contributed by atoms with Crippen LogP contribution in [0.4, 0.5) is 58.5 Å². The Bertz CT molecular complexity index is 3300. The summed E-state index contributed by atoms with van der Waals surface area (Å²) in [4.78, 5) is 52.6. The van der Waals surface area contributed by atoms with Gasteiger partial charge in [-0.1, -0.05) is 91.0 Å². The van der Waals surface area contributed by atoms with Crippen LogP contribution in [0.3, 0.4) is 0 Å². The molecule has 82 heavy (non-hydrogen) atoms. The summed E-state index contributed by atoms with van der Waals surface area (Å²) in [5, 5.41) is 16.1. The van der Waals surface area contributed by atoms with Gasteiger partial charge in [0.2, 0.25) is 17.5 Å². The van der Waals surface area contributed by atoms with Crippen LogP contribution < -0.4 is 4.90 Å². The Morgan fingerprint density at radius 3 is 1.13 bits per heavy atom. The first-order valence-corrected chi connectivity index (χ1v) is 26.2. The molecule has 0 aliphatic carbocycles. The topological polar surface area (TPSA) is 171 Å². The zero-order valence-electron chi connectivity index (χ0n) is 42.8. The monoisotopic (exact) mass is 1160 g/mol. The highest BCUT2D eigenvalue weighted by Crippen LogP contribution is 2.44. The number of rotatable bonds is 6. The molecule has 3 aromatic carbocycles. The van der Waals surface area contributed by atoms with Gasteiger partial charge in [0.05, 0.1) is 24.3 Å². The molecule has 2 saturated heterocycles. The van der Waals surface area contributed by atoms with E-state index in [1.807, 2.05) is 91.0 Å². The number of benzene rings is 3. The molecule has 9 atom stereocenters. The van der Waals surface area contributed by atoms with Crippen molar-refractivity contribution >= 4 is 23.5 Å². The summed E-state index contributed by atoms with van der Waals surface area (Å²) in [5.41, 5.74) is 2.46. The lowest BCUT2D eigenvalue weighted by molar-refractivity contribution is -0.172. The van der Waals surface area contributed by atoms with E-state index < -0.39 is 91.0 Å². The van der Waals surface area contributed by atoms with E-state index in [1.54, 1.807) is 0 Å². The molecule has 432 valence electrons. The first kappa shape index (κ1) is 55.8. The SMILES string of the molecule is O=C(c1nc2n(n1)[C@H](c1ccccc1)C[C@@H]2F)N1CCC(C(F)(F)F)n2nccc21.O=C(c1nc2n(n1)[C@H](c1ccccc1)C[C@@H]2F)N1CCC[C@@H]1C(F)(F)F.O=C(c1nc2n(n1)[C@H](c1ccccc1)C[C@@H]2F)N1CCC[C@H]1C(F)(F)F. The summed E-state index contributed by atoms with van der Waals surface area (Å²) in [6.07, 6.45) is -16.1. The Balaban J connectivity index is 0.000000130. The van der Waals surface area contributed by atoms with Crippen LogP contribution in [-0.2, 0) is 0 Å². The largest absolute Gasteiger partial charge is 0.410 e. The van der Waals surface area contributed by atoms with Gasteiger partial charge < -0.3 is 9.80 Å². The number of fused-ring (bicyclic) bond motifs is 4. The van der Waals surface area contributed by atoms with Crippen LogP contribution in [0.2, 0.25) is 0 Å². The van der Waals surface area contributed by atoms with Crippen LogP contribution in [0.1, 0.15) is 160 Å². The van der Waals surface area contributed by atoms with E-state index in [0.29, 0.717) is 0 Å². The average molecular weight is 1160 g/mol. The summed E-state index contributed by atoms with van der Waals surface area (Å²) in [6, 6.07) is 22.0. The molecular formula is C53H48F12N14O3. The molecule has 0 radical (unpaired) electrons. The number of hydrogen-bond acceptors (Lipinski definition) is 10. The minimum Gasteiger partial charge on any atom is -0.324 e. The maximum Gasteiger partial charge on any atom is 0.410 e. The standard InChI is InChI=1S/C19H16F4N6O.2C17H16F4N4O/c20-12-10-13(11-4-2-1-3-5-11)28-17(12)25-16(26-28)18(30)27-9-7-14(19(21,22)23)29-15(27)6-8-24-29;2*18-11-9-12(10-5-2-1-3-6-10)25-15(11)22-14(23-25)16(26)24-8-4-7-13(24)17(19,20)21/h1-6,8,12-14H,7,9-10H2;2*1-3,5-6,11-13H,4,7-9H2/t12-,13-,14?;11-,12-,13+;11-,12-,13-/m000/s1. The van der Waals surface area contributed by atoms with Gasteiger partial charge in [-0.3, -0.25) is 19.3 Å². The van der Waals surface area contributed by atoms with E-state index in [0.717, 1.165) is 36.1 Å². The number of anilines is 1. The van der Waals surface area contributed by atoms with Crippen LogP contribution in [0, 0.1) is 0 Å². The number of halogens is 12. The molecule has 0 N–H and O–H groups in total. The molecule has 13 rings (SSSR count). The Morgan fingerprint density at radius 2 is 0.780 bits per heavy atom. The number of amides is 3. The fourth-order valence-electron chi connectivity index (χ4n) is 11.5. The molecule has 2 fully saturated rings. The molecule has 7 aromatic rings. The zero-order valence-corrected chi connectivity index (χ0v) is 42.8. The number of carbonyl (C=O) groups excluding carboxylic acids is 3. The maximum atomic E-state index is 14.6. The van der Waals surface area contributed by atoms with Crippen molar-refractivity contribution in [2.45, 2.75) is 125 Å². The maximum absolute atomic E-state index is 14.6. The number of aromatic nitrogens is 11. The Morgan fingerprint density at radius 1 is 0.427 bits per heavy atom. The van der Waals surface area contributed by atoms with Gasteiger partial charge in [0.15, 0.2) is 42.0 Å². The molecule has 17 nitrogen and oxygen atoms in total. The van der Waals surface area contributed by atoms with Gasteiger partial charge in [-0.05, 0) is 48.8 Å². The normalized spacial score (nSPS) is 24.7. The lowest BCUT2D eigenvalue weighted by Gasteiger charge is -2.33. The molecule has 0 saturated carbocycles. The van der Waals surface area contributed by atoms with E-state index in [-0.39, 0.29) is 112 Å². The molecule has 1 unspecified atom stereocenters. The van der Waals surface area contributed by atoms with Crippen LogP contribution in [0.25, 0.3) is 0 Å². The molecule has 6 aliphatic heterocycles. The van der Waals surface area contributed by atoms with Crippen LogP contribution in [-0.4, -0.2) is 132 Å². The number of carbonyl (C=O) groups is 3. The van der Waals surface area contributed by atoms with E-state index >= 15 is 0 Å². The van der Waals surface area contributed by atoms with Crippen molar-refractivity contribution in [1.82, 2.24) is 63.9 Å². The van der Waals surface area contributed by atoms with Crippen LogP contribution in [0.5, 0.6) is 0 Å². The minimum absolute atomic E-state index is 0.00590. The smallest absolute Gasteiger partial charge is 0.324 e. The number of likely N-dealkylation sites (tertiary alicyclic amines) is 2. The number of hydrogen-bond donors (Lipinski definition) is 0. The zero-order chi connectivity index (χ0) is 58.0. The Kier molecular flexibility index (Phi) is 14.7. The fraction of sp³-hybridized carbons (Fsp3) is 0.434. The van der Waals surface area contributed by atoms with Crippen molar-refractivity contribution < 1.29 is 67.1 Å². The number of alkyl halides is 12. The van der Waals surface area contributed by atoms with Gasteiger partial charge in [-0.25, -0.2) is 46.9 Å². The summed E-state index contributed by atoms with van der Waals surface area (Å²) < 4.78 is 166. The number of nitrogens with zero attached hydrogens (tertiary/aromatic N) is 14. The van der Waals surface area contributed by atoms with Crippen molar-refractivity contribution in [2.24, 2.45) is 0 Å². The van der Waals surface area contributed by atoms with Gasteiger partial charge in [0, 0.05) is 45.0 Å². The molecule has 0 spiro atoms. The van der Waals surface area contributed by atoms with Crippen molar-refractivity contribution in [2.75, 3.05) is 24.5 Å². The molecule has 10 heterocycles. The lowest BCUT2D eigenvalue weighted by Crippen LogP contribution is -2.45. The summed E-state index contributed by atoms with van der Waals surface area (Å²) in [6.45, 7) is -0.179. The lowest BCUT2D eigenvalue weighted by atomic mass is 10.0. The first-order valence-electron chi connectivity index (χ1n) is 26.2. The molecule has 3 amide bonds. The van der Waals surface area contributed by atoms with Crippen LogP contribution in [0.15, 0.2) is 103 Å². The van der Waals surface area contributed by atoms with E-state index in [4.69, 9.17) is 0 Å². The second-order valence-corrected chi connectivity index (χ2v) is 20.4. The summed E-state index contributed by atoms with van der Waals surface area (Å²) >= 11 is 0. The van der Waals surface area contributed by atoms with Gasteiger partial charge in [0.25, 0.3) is 17.7 Å². The molecule has 29 heteroatoms. The van der Waals surface area contributed by atoms with E-state index in [2.05, 4.69) is 35.3 Å². The first-order chi connectivity index (χ1) is 39.1. The Hall–Kier alpha value is -8.14. The highest BCUT2D eigenvalue weighted by atomic mass is 19.4. The van der Waals surface area contributed by atoms with Gasteiger partial charge in [-0.2, -0.15) is 44.6 Å². The summed E-state index contributed by atoms with van der Waals surface area (Å²) in [7, 11) is 0. The quantitative estimate of drug-likeness (QED) is 0.146. The average Bonchev–Trinajstić information content (AvgIpc) is 3.19. The highest BCUT2D eigenvalue weighted by Gasteiger charge is 2.51. The highest BCUT2D eigenvalue weighted by molar-refractivity contribution is 6.03. The predicted molar refractivity (Wildman–Crippen MR) is 263 cm³/mol. The van der Waals surface area contributed by atoms with Crippen molar-refractivity contribution in [1.29, 1.82) is 0 Å². The third-order valence-corrected chi connectivity index (χ3v) is 15.4. The van der Waals surface area contributed by atoms with Crippen molar-refractivity contribution in [3.8, 4) is 0 Å².